The second kappa shape index (κ2) is 5.36. The van der Waals surface area contributed by atoms with E-state index in [2.05, 4.69) is 10.6 Å². The summed E-state index contributed by atoms with van der Waals surface area (Å²) in [6, 6.07) is 6.05. The number of urea groups is 1. The first-order valence-electron chi connectivity index (χ1n) is 5.67. The maximum Gasteiger partial charge on any atom is 0.317 e. The number of hydrogen-bond acceptors (Lipinski definition) is 3. The summed E-state index contributed by atoms with van der Waals surface area (Å²) in [5.41, 5.74) is 0.630. The van der Waals surface area contributed by atoms with E-state index in [9.17, 15) is 9.18 Å². The van der Waals surface area contributed by atoms with Crippen molar-refractivity contribution in [2.24, 2.45) is 0 Å². The van der Waals surface area contributed by atoms with Gasteiger partial charge in [-0.1, -0.05) is 0 Å². The maximum atomic E-state index is 13.5. The smallest absolute Gasteiger partial charge is 0.317 e. The van der Waals surface area contributed by atoms with Crippen molar-refractivity contribution in [2.45, 2.75) is 0 Å². The molecule has 1 saturated heterocycles. The van der Waals surface area contributed by atoms with Crippen molar-refractivity contribution in [3.8, 4) is 6.07 Å². The Morgan fingerprint density at radius 2 is 2.39 bits per heavy atom. The van der Waals surface area contributed by atoms with Gasteiger partial charge in [0.05, 0.1) is 17.3 Å². The number of hydrogen-bond donors (Lipinski definition) is 2. The fourth-order valence-electron chi connectivity index (χ4n) is 1.78. The molecule has 0 radical (unpaired) electrons. The first-order valence-corrected chi connectivity index (χ1v) is 5.67. The van der Waals surface area contributed by atoms with Gasteiger partial charge in [-0.05, 0) is 18.2 Å². The van der Waals surface area contributed by atoms with E-state index in [0.717, 1.165) is 0 Å². The highest BCUT2D eigenvalue weighted by molar-refractivity contribution is 5.76. The minimum atomic E-state index is -0.458. The Bertz CT molecular complexity index is 497. The Balaban J connectivity index is 1.87. The van der Waals surface area contributed by atoms with Gasteiger partial charge in [-0.2, -0.15) is 5.26 Å². The number of anilines is 1. The number of carbonyl (C=O) groups is 1. The molecule has 18 heavy (non-hydrogen) atoms. The van der Waals surface area contributed by atoms with Gasteiger partial charge in [0.25, 0.3) is 0 Å². The average molecular weight is 248 g/mol. The second-order valence-electron chi connectivity index (χ2n) is 3.95. The molecule has 1 aromatic rings. The average Bonchev–Trinajstić information content (AvgIpc) is 2.77. The van der Waals surface area contributed by atoms with Gasteiger partial charge < -0.3 is 15.5 Å². The first kappa shape index (κ1) is 12.2. The van der Waals surface area contributed by atoms with E-state index in [1.54, 1.807) is 11.0 Å². The Kier molecular flexibility index (Phi) is 3.63. The van der Waals surface area contributed by atoms with Gasteiger partial charge >= 0.3 is 6.03 Å². The number of carbonyl (C=O) groups excluding carboxylic acids is 1. The van der Waals surface area contributed by atoms with Crippen LogP contribution >= 0.6 is 0 Å². The molecule has 0 bridgehead atoms. The molecule has 1 aliphatic heterocycles. The molecular formula is C12H13FN4O. The lowest BCUT2D eigenvalue weighted by Gasteiger charge is -2.15. The fourth-order valence-corrected chi connectivity index (χ4v) is 1.78. The quantitative estimate of drug-likeness (QED) is 0.839. The van der Waals surface area contributed by atoms with E-state index < -0.39 is 5.82 Å². The van der Waals surface area contributed by atoms with Crippen molar-refractivity contribution in [1.82, 2.24) is 10.2 Å². The minimum absolute atomic E-state index is 0.0860. The summed E-state index contributed by atoms with van der Waals surface area (Å²) in [5.74, 6) is -0.458. The van der Waals surface area contributed by atoms with E-state index >= 15 is 0 Å². The van der Waals surface area contributed by atoms with Crippen LogP contribution in [-0.4, -0.2) is 37.1 Å². The molecule has 6 heteroatoms. The molecule has 0 unspecified atom stereocenters. The van der Waals surface area contributed by atoms with E-state index in [1.165, 1.54) is 12.1 Å². The Hall–Kier alpha value is -2.29. The highest BCUT2D eigenvalue weighted by Gasteiger charge is 2.18. The molecule has 0 saturated carbocycles. The molecule has 2 N–H and O–H groups in total. The number of amides is 2. The molecule has 1 heterocycles. The van der Waals surface area contributed by atoms with E-state index in [1.807, 2.05) is 6.07 Å². The number of nitrogens with one attached hydrogen (secondary N) is 2. The van der Waals surface area contributed by atoms with Gasteiger partial charge in [-0.25, -0.2) is 9.18 Å². The van der Waals surface area contributed by atoms with Crippen LogP contribution in [0, 0.1) is 17.1 Å². The van der Waals surface area contributed by atoms with Gasteiger partial charge in [-0.3, -0.25) is 0 Å². The largest absolute Gasteiger partial charge is 0.381 e. The third-order valence-electron chi connectivity index (χ3n) is 2.74. The summed E-state index contributed by atoms with van der Waals surface area (Å²) in [7, 11) is 0. The summed E-state index contributed by atoms with van der Waals surface area (Å²) >= 11 is 0. The molecule has 1 aliphatic rings. The van der Waals surface area contributed by atoms with Crippen LogP contribution in [-0.2, 0) is 0 Å². The topological polar surface area (TPSA) is 68.2 Å². The van der Waals surface area contributed by atoms with Crippen molar-refractivity contribution in [1.29, 1.82) is 5.26 Å². The van der Waals surface area contributed by atoms with Crippen molar-refractivity contribution in [3.63, 3.8) is 0 Å². The highest BCUT2D eigenvalue weighted by Crippen LogP contribution is 2.14. The molecule has 1 fully saturated rings. The summed E-state index contributed by atoms with van der Waals surface area (Å²) < 4.78 is 13.5. The minimum Gasteiger partial charge on any atom is -0.381 e. The number of halogens is 1. The van der Waals surface area contributed by atoms with Crippen LogP contribution < -0.4 is 10.6 Å². The summed E-state index contributed by atoms with van der Waals surface area (Å²) in [4.78, 5) is 12.9. The van der Waals surface area contributed by atoms with Crippen molar-refractivity contribution in [3.05, 3.63) is 29.6 Å². The molecule has 94 valence electrons. The normalized spacial score (nSPS) is 14.2. The number of benzene rings is 1. The van der Waals surface area contributed by atoms with Crippen LogP contribution in [0.1, 0.15) is 5.56 Å². The van der Waals surface area contributed by atoms with Crippen LogP contribution in [0.25, 0.3) is 0 Å². The Labute approximate surface area is 104 Å². The summed E-state index contributed by atoms with van der Waals surface area (Å²) in [6.07, 6.45) is 0. The lowest BCUT2D eigenvalue weighted by atomic mass is 10.2. The van der Waals surface area contributed by atoms with Crippen molar-refractivity contribution >= 4 is 11.7 Å². The van der Waals surface area contributed by atoms with Crippen LogP contribution in [0.15, 0.2) is 18.2 Å². The zero-order valence-corrected chi connectivity index (χ0v) is 9.74. The standard InChI is InChI=1S/C12H13FN4O/c13-10-7-9(8-14)1-2-11(10)15-3-5-17-6-4-16-12(17)18/h1-2,7,15H,3-6H2,(H,16,18). The fraction of sp³-hybridized carbons (Fsp3) is 0.333. The lowest BCUT2D eigenvalue weighted by Crippen LogP contribution is -2.32. The van der Waals surface area contributed by atoms with Crippen molar-refractivity contribution in [2.75, 3.05) is 31.5 Å². The van der Waals surface area contributed by atoms with Gasteiger partial charge in [0.2, 0.25) is 0 Å². The third-order valence-corrected chi connectivity index (χ3v) is 2.74. The van der Waals surface area contributed by atoms with Gasteiger partial charge in [0.15, 0.2) is 0 Å². The zero-order valence-electron chi connectivity index (χ0n) is 9.74. The van der Waals surface area contributed by atoms with Crippen LogP contribution in [0.3, 0.4) is 0 Å². The summed E-state index contributed by atoms with van der Waals surface area (Å²) in [5, 5.41) is 14.2. The molecular weight excluding hydrogens is 235 g/mol. The predicted octanol–water partition coefficient (Wildman–Crippen LogP) is 1.13. The van der Waals surface area contributed by atoms with E-state index in [4.69, 9.17) is 5.26 Å². The molecule has 1 aromatic carbocycles. The highest BCUT2D eigenvalue weighted by atomic mass is 19.1. The molecule has 5 nitrogen and oxygen atoms in total. The maximum absolute atomic E-state index is 13.5. The molecule has 0 aliphatic carbocycles. The predicted molar refractivity (Wildman–Crippen MR) is 64.6 cm³/mol. The monoisotopic (exact) mass is 248 g/mol. The van der Waals surface area contributed by atoms with Crippen LogP contribution in [0.2, 0.25) is 0 Å². The number of nitrogens with zero attached hydrogens (tertiary/aromatic N) is 2. The second-order valence-corrected chi connectivity index (χ2v) is 3.95. The zero-order chi connectivity index (χ0) is 13.0. The lowest BCUT2D eigenvalue weighted by molar-refractivity contribution is 0.219. The molecule has 0 atom stereocenters. The van der Waals surface area contributed by atoms with E-state index in [0.29, 0.717) is 31.9 Å². The van der Waals surface area contributed by atoms with Crippen molar-refractivity contribution < 1.29 is 9.18 Å². The molecule has 2 rings (SSSR count). The number of nitriles is 1. The van der Waals surface area contributed by atoms with Crippen LogP contribution in [0.5, 0.6) is 0 Å². The molecule has 0 aromatic heterocycles. The Morgan fingerprint density at radius 1 is 1.56 bits per heavy atom. The molecule has 2 amide bonds. The Morgan fingerprint density at radius 3 is 3.00 bits per heavy atom. The number of rotatable bonds is 4. The third kappa shape index (κ3) is 2.69. The van der Waals surface area contributed by atoms with Crippen LogP contribution in [0.4, 0.5) is 14.9 Å². The van der Waals surface area contributed by atoms with Gasteiger partial charge in [-0.15, -0.1) is 0 Å². The summed E-state index contributed by atoms with van der Waals surface area (Å²) in [6.45, 7) is 2.32. The first-order chi connectivity index (χ1) is 8.70. The van der Waals surface area contributed by atoms with Gasteiger partial charge in [0.1, 0.15) is 5.82 Å². The molecule has 0 spiro atoms. The SMILES string of the molecule is N#Cc1ccc(NCCN2CCNC2=O)c(F)c1. The van der Waals surface area contributed by atoms with Gasteiger partial charge in [0, 0.05) is 26.2 Å². The van der Waals surface area contributed by atoms with E-state index in [-0.39, 0.29) is 11.6 Å².